The van der Waals surface area contributed by atoms with Crippen LogP contribution in [0.1, 0.15) is 16.7 Å². The summed E-state index contributed by atoms with van der Waals surface area (Å²) >= 11 is 0. The Morgan fingerprint density at radius 1 is 1.00 bits per heavy atom. The Bertz CT molecular complexity index is 995. The van der Waals surface area contributed by atoms with E-state index in [0.29, 0.717) is 45.4 Å². The first-order chi connectivity index (χ1) is 15.0. The van der Waals surface area contributed by atoms with Crippen LogP contribution in [0.4, 0.5) is 0 Å². The van der Waals surface area contributed by atoms with Gasteiger partial charge in [0.1, 0.15) is 5.75 Å². The molecule has 1 saturated heterocycles. The fourth-order valence-electron chi connectivity index (χ4n) is 3.41. The molecule has 2 N–H and O–H groups in total. The average Bonchev–Trinajstić information content (AvgIpc) is 2.80. The minimum absolute atomic E-state index is 0. The maximum atomic E-state index is 12.8. The summed E-state index contributed by atoms with van der Waals surface area (Å²) in [5, 5.41) is 6.54. The number of nitrogens with one attached hydrogen (secondary N) is 2. The van der Waals surface area contributed by atoms with Crippen molar-refractivity contribution in [1.82, 2.24) is 14.9 Å². The molecule has 32 heavy (non-hydrogen) atoms. The number of methoxy groups -OCH3 is 1. The van der Waals surface area contributed by atoms with Gasteiger partial charge in [0.05, 0.1) is 26.1 Å². The zero-order valence-corrected chi connectivity index (χ0v) is 21.6. The average molecular weight is 574 g/mol. The van der Waals surface area contributed by atoms with Crippen molar-refractivity contribution in [2.45, 2.75) is 18.8 Å². The Morgan fingerprint density at radius 2 is 1.56 bits per heavy atom. The normalized spacial score (nSPS) is 15.0. The second-order valence-electron chi connectivity index (χ2n) is 7.13. The number of guanidine groups is 1. The topological polar surface area (TPSA) is 92.3 Å². The van der Waals surface area contributed by atoms with Gasteiger partial charge in [0.25, 0.3) is 0 Å². The van der Waals surface area contributed by atoms with Crippen molar-refractivity contribution in [3.05, 3.63) is 65.2 Å². The van der Waals surface area contributed by atoms with Crippen LogP contribution in [0.3, 0.4) is 0 Å². The van der Waals surface area contributed by atoms with Crippen molar-refractivity contribution in [3.63, 3.8) is 0 Å². The number of hydrogen-bond donors (Lipinski definition) is 2. The molecule has 0 unspecified atom stereocenters. The van der Waals surface area contributed by atoms with Gasteiger partial charge in [-0.3, -0.25) is 4.99 Å². The third kappa shape index (κ3) is 7.32. The predicted octanol–water partition coefficient (Wildman–Crippen LogP) is 2.34. The Hall–Kier alpha value is -1.89. The fraction of sp³-hybridized carbons (Fsp3) is 0.409. The molecule has 0 bridgehead atoms. The highest BCUT2D eigenvalue weighted by Gasteiger charge is 2.25. The number of benzene rings is 2. The van der Waals surface area contributed by atoms with Crippen LogP contribution in [-0.2, 0) is 33.6 Å². The van der Waals surface area contributed by atoms with Gasteiger partial charge in [-0.05, 0) is 17.2 Å². The minimum Gasteiger partial charge on any atom is -0.496 e. The van der Waals surface area contributed by atoms with Crippen molar-refractivity contribution < 1.29 is 17.9 Å². The van der Waals surface area contributed by atoms with E-state index in [1.54, 1.807) is 14.2 Å². The number of nitrogens with zero attached hydrogens (tertiary/aromatic N) is 2. The third-order valence-electron chi connectivity index (χ3n) is 5.13. The molecule has 0 aromatic heterocycles. The Balaban J connectivity index is 0.00000363. The van der Waals surface area contributed by atoms with E-state index in [1.807, 2.05) is 48.5 Å². The van der Waals surface area contributed by atoms with E-state index >= 15 is 0 Å². The third-order valence-corrected chi connectivity index (χ3v) is 6.96. The molecule has 0 spiro atoms. The van der Waals surface area contributed by atoms with Crippen molar-refractivity contribution in [1.29, 1.82) is 0 Å². The lowest BCUT2D eigenvalue weighted by molar-refractivity contribution is 0.0729. The highest BCUT2D eigenvalue weighted by atomic mass is 127. The first-order valence-corrected chi connectivity index (χ1v) is 11.8. The van der Waals surface area contributed by atoms with E-state index in [9.17, 15) is 8.42 Å². The highest BCUT2D eigenvalue weighted by Crippen LogP contribution is 2.18. The summed E-state index contributed by atoms with van der Waals surface area (Å²) in [6.07, 6.45) is 0. The van der Waals surface area contributed by atoms with Crippen molar-refractivity contribution in [2.75, 3.05) is 40.5 Å². The smallest absolute Gasteiger partial charge is 0.218 e. The Morgan fingerprint density at radius 3 is 2.19 bits per heavy atom. The fourth-order valence-corrected chi connectivity index (χ4v) is 4.97. The molecule has 3 rings (SSSR count). The molecule has 1 fully saturated rings. The number of rotatable bonds is 8. The first kappa shape index (κ1) is 26.4. The van der Waals surface area contributed by atoms with Crippen LogP contribution in [0, 0.1) is 0 Å². The van der Waals surface area contributed by atoms with Gasteiger partial charge in [0.15, 0.2) is 5.96 Å². The molecule has 1 heterocycles. The van der Waals surface area contributed by atoms with Gasteiger partial charge in [-0.2, -0.15) is 4.31 Å². The highest BCUT2D eigenvalue weighted by molar-refractivity contribution is 14.0. The van der Waals surface area contributed by atoms with Gasteiger partial charge in [-0.15, -0.1) is 24.0 Å². The number of halogens is 1. The SMILES string of the molecule is CN=C(NCc1ccccc1CS(=O)(=O)N1CCOCC1)NCc1ccccc1OC.I. The van der Waals surface area contributed by atoms with Crippen molar-refractivity contribution in [3.8, 4) is 5.75 Å². The molecule has 0 saturated carbocycles. The van der Waals surface area contributed by atoms with Gasteiger partial charge in [-0.25, -0.2) is 8.42 Å². The summed E-state index contributed by atoms with van der Waals surface area (Å²) < 4.78 is 37.8. The molecule has 0 amide bonds. The van der Waals surface area contributed by atoms with Gasteiger partial charge >= 0.3 is 0 Å². The maximum absolute atomic E-state index is 12.8. The Kier molecular flexibility index (Phi) is 10.7. The molecule has 2 aromatic rings. The zero-order valence-electron chi connectivity index (χ0n) is 18.4. The van der Waals surface area contributed by atoms with Crippen LogP contribution in [0.5, 0.6) is 5.75 Å². The monoisotopic (exact) mass is 574 g/mol. The lowest BCUT2D eigenvalue weighted by Gasteiger charge is -2.26. The molecule has 10 heteroatoms. The minimum atomic E-state index is -3.39. The number of sulfonamides is 1. The molecule has 1 aliphatic rings. The molecule has 0 aliphatic carbocycles. The van der Waals surface area contributed by atoms with Crippen LogP contribution in [0.2, 0.25) is 0 Å². The molecular formula is C22H31IN4O4S. The van der Waals surface area contributed by atoms with E-state index in [2.05, 4.69) is 15.6 Å². The van der Waals surface area contributed by atoms with Gasteiger partial charge in [0, 0.05) is 38.8 Å². The molecule has 8 nitrogen and oxygen atoms in total. The summed E-state index contributed by atoms with van der Waals surface area (Å²) in [4.78, 5) is 4.26. The summed E-state index contributed by atoms with van der Waals surface area (Å²) in [5.74, 6) is 1.40. The molecule has 1 aliphatic heterocycles. The lowest BCUT2D eigenvalue weighted by atomic mass is 10.1. The zero-order chi connectivity index (χ0) is 22.1. The van der Waals surface area contributed by atoms with Crippen molar-refractivity contribution in [2.24, 2.45) is 4.99 Å². The number of ether oxygens (including phenoxy) is 2. The number of para-hydroxylation sites is 1. The Labute approximate surface area is 207 Å². The van der Waals surface area contributed by atoms with Crippen LogP contribution >= 0.6 is 24.0 Å². The van der Waals surface area contributed by atoms with Gasteiger partial charge < -0.3 is 20.1 Å². The van der Waals surface area contributed by atoms with Crippen LogP contribution < -0.4 is 15.4 Å². The first-order valence-electron chi connectivity index (χ1n) is 10.2. The van der Waals surface area contributed by atoms with Crippen LogP contribution in [0.25, 0.3) is 0 Å². The van der Waals surface area contributed by atoms with Gasteiger partial charge in [-0.1, -0.05) is 42.5 Å². The molecular weight excluding hydrogens is 543 g/mol. The number of hydrogen-bond acceptors (Lipinski definition) is 5. The second kappa shape index (κ2) is 13.0. The summed E-state index contributed by atoms with van der Waals surface area (Å²) in [7, 11) is -0.0438. The van der Waals surface area contributed by atoms with Gasteiger partial charge in [0.2, 0.25) is 10.0 Å². The summed E-state index contributed by atoms with van der Waals surface area (Å²) in [6, 6.07) is 15.4. The molecule has 0 atom stereocenters. The van der Waals surface area contributed by atoms with E-state index in [4.69, 9.17) is 9.47 Å². The molecule has 176 valence electrons. The van der Waals surface area contributed by atoms with E-state index in [-0.39, 0.29) is 29.7 Å². The van der Waals surface area contributed by atoms with E-state index in [1.165, 1.54) is 4.31 Å². The van der Waals surface area contributed by atoms with Crippen LogP contribution in [-0.4, -0.2) is 59.1 Å². The second-order valence-corrected chi connectivity index (χ2v) is 9.10. The van der Waals surface area contributed by atoms with Crippen molar-refractivity contribution >= 4 is 40.0 Å². The number of morpholine rings is 1. The lowest BCUT2D eigenvalue weighted by Crippen LogP contribution is -2.41. The van der Waals surface area contributed by atoms with E-state index in [0.717, 1.165) is 22.4 Å². The van der Waals surface area contributed by atoms with Crippen LogP contribution in [0.15, 0.2) is 53.5 Å². The largest absolute Gasteiger partial charge is 0.496 e. The van der Waals surface area contributed by atoms with E-state index < -0.39 is 10.0 Å². The molecule has 0 radical (unpaired) electrons. The maximum Gasteiger partial charge on any atom is 0.218 e. The summed E-state index contributed by atoms with van der Waals surface area (Å²) in [5.41, 5.74) is 2.71. The number of aliphatic imine (C=N–C) groups is 1. The summed E-state index contributed by atoms with van der Waals surface area (Å²) in [6.45, 7) is 2.70. The molecule has 2 aromatic carbocycles. The standard InChI is InChI=1S/C22H30N4O4S.HI/c1-23-22(25-16-19-8-5-6-10-21(19)29-2)24-15-18-7-3-4-9-20(18)17-31(27,28)26-11-13-30-14-12-26;/h3-10H,11-17H2,1-2H3,(H2,23,24,25);1H. The quantitative estimate of drug-likeness (QED) is 0.286. The predicted molar refractivity (Wildman–Crippen MR) is 137 cm³/mol.